The van der Waals surface area contributed by atoms with Crippen LogP contribution in [0, 0.1) is 0 Å². The Labute approximate surface area is 117 Å². The third-order valence-electron chi connectivity index (χ3n) is 2.60. The van der Waals surface area contributed by atoms with E-state index in [1.165, 1.54) is 6.08 Å². The molecule has 0 aliphatic carbocycles. The number of hydrogen-bond donors (Lipinski definition) is 3. The summed E-state index contributed by atoms with van der Waals surface area (Å²) >= 11 is 0. The van der Waals surface area contributed by atoms with Gasteiger partial charge in [-0.1, -0.05) is 31.7 Å². The van der Waals surface area contributed by atoms with Crippen molar-refractivity contribution < 1.29 is 24.9 Å². The summed E-state index contributed by atoms with van der Waals surface area (Å²) in [5, 5.41) is 27.9. The van der Waals surface area contributed by atoms with Gasteiger partial charge in [-0.15, -0.1) is 0 Å². The molecule has 1 rings (SSSR count). The summed E-state index contributed by atoms with van der Waals surface area (Å²) in [6.45, 7) is 5.58. The van der Waals surface area contributed by atoms with Gasteiger partial charge in [0, 0.05) is 6.42 Å². The van der Waals surface area contributed by atoms with Crippen molar-refractivity contribution in [2.45, 2.75) is 25.9 Å². The van der Waals surface area contributed by atoms with Gasteiger partial charge in [0.25, 0.3) is 0 Å². The van der Waals surface area contributed by atoms with Crippen LogP contribution >= 0.6 is 0 Å². The second kappa shape index (κ2) is 7.23. The van der Waals surface area contributed by atoms with Crippen molar-refractivity contribution >= 4 is 5.97 Å². The first kappa shape index (κ1) is 15.6. The van der Waals surface area contributed by atoms with Gasteiger partial charge in [-0.25, -0.2) is 4.79 Å². The largest absolute Gasteiger partial charge is 0.504 e. The number of carbonyl (C=O) groups is 1. The maximum atomic E-state index is 11.9. The lowest BCUT2D eigenvalue weighted by Gasteiger charge is -2.13. The second-order valence-electron chi connectivity index (χ2n) is 4.16. The lowest BCUT2D eigenvalue weighted by molar-refractivity contribution is 0.0399. The summed E-state index contributed by atoms with van der Waals surface area (Å²) in [4.78, 5) is 11.9. The van der Waals surface area contributed by atoms with Gasteiger partial charge in [0.1, 0.15) is 6.10 Å². The first-order valence-electron chi connectivity index (χ1n) is 6.23. The number of aromatic hydroxyl groups is 3. The van der Waals surface area contributed by atoms with Gasteiger partial charge in [-0.2, -0.15) is 0 Å². The molecule has 1 atom stereocenters. The van der Waals surface area contributed by atoms with Crippen LogP contribution in [0.5, 0.6) is 17.2 Å². The van der Waals surface area contributed by atoms with Crippen molar-refractivity contribution in [3.05, 3.63) is 42.5 Å². The van der Waals surface area contributed by atoms with Crippen LogP contribution in [-0.4, -0.2) is 27.4 Å². The van der Waals surface area contributed by atoms with E-state index in [9.17, 15) is 20.1 Å². The summed E-state index contributed by atoms with van der Waals surface area (Å²) in [6, 6.07) is 2.05. The first-order chi connectivity index (χ1) is 9.49. The van der Waals surface area contributed by atoms with Crippen LogP contribution in [0.1, 0.15) is 30.1 Å². The number of allylic oxidation sites excluding steroid dienone is 1. The molecular formula is C15H18O5. The fourth-order valence-corrected chi connectivity index (χ4v) is 1.52. The lowest BCUT2D eigenvalue weighted by Crippen LogP contribution is -2.15. The molecule has 0 amide bonds. The minimum Gasteiger partial charge on any atom is -0.504 e. The predicted molar refractivity (Wildman–Crippen MR) is 74.9 cm³/mol. The Bertz CT molecular complexity index is 496. The SMILES string of the molecule is C=CC(CC=CCC)OC(=O)c1cc(O)c(O)c(O)c1. The zero-order chi connectivity index (χ0) is 15.1. The number of hydrogen-bond acceptors (Lipinski definition) is 5. The molecule has 0 fully saturated rings. The van der Waals surface area contributed by atoms with E-state index in [-0.39, 0.29) is 5.56 Å². The monoisotopic (exact) mass is 278 g/mol. The van der Waals surface area contributed by atoms with Gasteiger partial charge in [0.05, 0.1) is 5.56 Å². The molecule has 5 heteroatoms. The molecule has 1 aromatic rings. The number of phenolic OH excluding ortho intramolecular Hbond substituents is 3. The Kier molecular flexibility index (Phi) is 5.65. The Morgan fingerprint density at radius 1 is 1.30 bits per heavy atom. The number of phenols is 3. The fourth-order valence-electron chi connectivity index (χ4n) is 1.52. The Morgan fingerprint density at radius 2 is 1.90 bits per heavy atom. The van der Waals surface area contributed by atoms with Crippen molar-refractivity contribution in [3.63, 3.8) is 0 Å². The molecule has 108 valence electrons. The van der Waals surface area contributed by atoms with Gasteiger partial charge in [0.2, 0.25) is 0 Å². The van der Waals surface area contributed by atoms with E-state index in [0.717, 1.165) is 18.6 Å². The molecule has 0 saturated carbocycles. The normalized spacial score (nSPS) is 12.2. The summed E-state index contributed by atoms with van der Waals surface area (Å²) in [7, 11) is 0. The first-order valence-corrected chi connectivity index (χ1v) is 6.23. The minimum absolute atomic E-state index is 0.0517. The van der Waals surface area contributed by atoms with Gasteiger partial charge >= 0.3 is 5.97 Å². The van der Waals surface area contributed by atoms with Gasteiger partial charge in [-0.05, 0) is 18.6 Å². The molecule has 1 unspecified atom stereocenters. The van der Waals surface area contributed by atoms with Crippen LogP contribution in [0.2, 0.25) is 0 Å². The van der Waals surface area contributed by atoms with Crippen LogP contribution in [0.25, 0.3) is 0 Å². The highest BCUT2D eigenvalue weighted by Crippen LogP contribution is 2.35. The van der Waals surface area contributed by atoms with E-state index < -0.39 is 29.3 Å². The number of esters is 1. The van der Waals surface area contributed by atoms with E-state index in [2.05, 4.69) is 6.58 Å². The Morgan fingerprint density at radius 3 is 2.40 bits per heavy atom. The van der Waals surface area contributed by atoms with E-state index in [0.29, 0.717) is 6.42 Å². The molecule has 0 aliphatic heterocycles. The summed E-state index contributed by atoms with van der Waals surface area (Å²) in [5.41, 5.74) is -0.0517. The van der Waals surface area contributed by atoms with E-state index in [4.69, 9.17) is 4.74 Å². The van der Waals surface area contributed by atoms with E-state index >= 15 is 0 Å². The van der Waals surface area contributed by atoms with Crippen LogP contribution in [-0.2, 0) is 4.74 Å². The highest BCUT2D eigenvalue weighted by atomic mass is 16.5. The molecule has 0 saturated heterocycles. The molecule has 3 N–H and O–H groups in total. The molecule has 1 aromatic carbocycles. The van der Waals surface area contributed by atoms with Gasteiger partial charge < -0.3 is 20.1 Å². The summed E-state index contributed by atoms with van der Waals surface area (Å²) in [6.07, 6.45) is 6.21. The van der Waals surface area contributed by atoms with Crippen LogP contribution in [0.15, 0.2) is 36.9 Å². The number of benzene rings is 1. The smallest absolute Gasteiger partial charge is 0.339 e. The van der Waals surface area contributed by atoms with E-state index in [1.807, 2.05) is 19.1 Å². The van der Waals surface area contributed by atoms with Crippen molar-refractivity contribution in [1.82, 2.24) is 0 Å². The molecule has 0 radical (unpaired) electrons. The lowest BCUT2D eigenvalue weighted by atomic mass is 10.1. The molecule has 0 spiro atoms. The maximum absolute atomic E-state index is 11.9. The molecule has 20 heavy (non-hydrogen) atoms. The van der Waals surface area contributed by atoms with Crippen molar-refractivity contribution in [2.75, 3.05) is 0 Å². The molecule has 0 heterocycles. The maximum Gasteiger partial charge on any atom is 0.339 e. The van der Waals surface area contributed by atoms with Crippen molar-refractivity contribution in [3.8, 4) is 17.2 Å². The van der Waals surface area contributed by atoms with Crippen LogP contribution < -0.4 is 0 Å². The highest BCUT2D eigenvalue weighted by molar-refractivity contribution is 5.91. The zero-order valence-electron chi connectivity index (χ0n) is 11.2. The number of rotatable bonds is 6. The number of ether oxygens (including phenoxy) is 1. The van der Waals surface area contributed by atoms with Crippen LogP contribution in [0.3, 0.4) is 0 Å². The van der Waals surface area contributed by atoms with Crippen molar-refractivity contribution in [2.24, 2.45) is 0 Å². The molecule has 0 aliphatic rings. The quantitative estimate of drug-likeness (QED) is 0.423. The number of carbonyl (C=O) groups excluding carboxylic acids is 1. The summed E-state index contributed by atoms with van der Waals surface area (Å²) < 4.78 is 5.17. The third kappa shape index (κ3) is 4.05. The average molecular weight is 278 g/mol. The van der Waals surface area contributed by atoms with Crippen LogP contribution in [0.4, 0.5) is 0 Å². The minimum atomic E-state index is -0.717. The Balaban J connectivity index is 2.79. The predicted octanol–water partition coefficient (Wildman–Crippen LogP) is 2.87. The van der Waals surface area contributed by atoms with E-state index in [1.54, 1.807) is 0 Å². The van der Waals surface area contributed by atoms with Gasteiger partial charge in [-0.3, -0.25) is 0 Å². The highest BCUT2D eigenvalue weighted by Gasteiger charge is 2.17. The van der Waals surface area contributed by atoms with Crippen molar-refractivity contribution in [1.29, 1.82) is 0 Å². The third-order valence-corrected chi connectivity index (χ3v) is 2.60. The molecular weight excluding hydrogens is 260 g/mol. The second-order valence-corrected chi connectivity index (χ2v) is 4.16. The summed E-state index contributed by atoms with van der Waals surface area (Å²) in [5.74, 6) is -2.56. The molecule has 0 bridgehead atoms. The van der Waals surface area contributed by atoms with Gasteiger partial charge in [0.15, 0.2) is 17.2 Å². The fraction of sp³-hybridized carbons (Fsp3) is 0.267. The topological polar surface area (TPSA) is 87.0 Å². The molecule has 0 aromatic heterocycles. The average Bonchev–Trinajstić information content (AvgIpc) is 2.43. The Hall–Kier alpha value is -2.43. The molecule has 5 nitrogen and oxygen atoms in total. The standard InChI is InChI=1S/C15H18O5/c1-3-5-6-7-11(4-2)20-15(19)10-8-12(16)14(18)13(17)9-10/h4-6,8-9,11,16-18H,2-3,7H2,1H3. The zero-order valence-corrected chi connectivity index (χ0v) is 11.2.